The van der Waals surface area contributed by atoms with Gasteiger partial charge in [-0.05, 0) is 31.5 Å². The van der Waals surface area contributed by atoms with E-state index < -0.39 is 8.32 Å². The van der Waals surface area contributed by atoms with Gasteiger partial charge >= 0.3 is 0 Å². The van der Waals surface area contributed by atoms with Crippen molar-refractivity contribution in [2.45, 2.75) is 58.7 Å². The van der Waals surface area contributed by atoms with Crippen molar-refractivity contribution in [2.75, 3.05) is 6.61 Å². The number of aldehydes is 1. The standard InChI is InChI=1S/C15H28O2Si/c1-14(10-8-7-9-12-16)11-13-17-18(5,6)15(2,3)4/h8,10-12H,7,9,13H2,1-6H3/b10-8+,14-11+. The highest BCUT2D eigenvalue weighted by atomic mass is 28.4. The molecule has 2 nitrogen and oxygen atoms in total. The molecular weight excluding hydrogens is 240 g/mol. The van der Waals surface area contributed by atoms with Crippen molar-refractivity contribution >= 4 is 14.6 Å². The van der Waals surface area contributed by atoms with Gasteiger partial charge < -0.3 is 9.22 Å². The molecule has 0 spiro atoms. The molecule has 0 radical (unpaired) electrons. The zero-order chi connectivity index (χ0) is 14.2. The minimum absolute atomic E-state index is 0.258. The lowest BCUT2D eigenvalue weighted by atomic mass is 10.2. The molecule has 0 saturated carbocycles. The molecule has 0 unspecified atom stereocenters. The highest BCUT2D eigenvalue weighted by Crippen LogP contribution is 2.36. The Balaban J connectivity index is 4.16. The summed E-state index contributed by atoms with van der Waals surface area (Å²) in [6, 6.07) is 0. The predicted molar refractivity (Wildman–Crippen MR) is 81.3 cm³/mol. The Morgan fingerprint density at radius 2 is 1.83 bits per heavy atom. The topological polar surface area (TPSA) is 26.3 Å². The van der Waals surface area contributed by atoms with Crippen LogP contribution in [0.25, 0.3) is 0 Å². The molecule has 0 amide bonds. The van der Waals surface area contributed by atoms with Crippen molar-refractivity contribution < 1.29 is 9.22 Å². The lowest BCUT2D eigenvalue weighted by molar-refractivity contribution is -0.107. The van der Waals surface area contributed by atoms with E-state index in [4.69, 9.17) is 4.43 Å². The summed E-state index contributed by atoms with van der Waals surface area (Å²) in [6.07, 6.45) is 8.56. The summed E-state index contributed by atoms with van der Waals surface area (Å²) in [4.78, 5) is 10.2. The lowest BCUT2D eigenvalue weighted by Gasteiger charge is -2.35. The molecule has 0 aliphatic rings. The Bertz CT molecular complexity index is 309. The first-order valence-electron chi connectivity index (χ1n) is 6.61. The maximum absolute atomic E-state index is 10.2. The van der Waals surface area contributed by atoms with E-state index in [1.807, 2.05) is 6.08 Å². The van der Waals surface area contributed by atoms with Gasteiger partial charge in [0.05, 0.1) is 6.61 Å². The summed E-state index contributed by atoms with van der Waals surface area (Å²) in [7, 11) is -1.63. The minimum atomic E-state index is -1.63. The number of carbonyl (C=O) groups is 1. The fraction of sp³-hybridized carbons (Fsp3) is 0.667. The van der Waals surface area contributed by atoms with E-state index in [2.05, 4.69) is 52.9 Å². The predicted octanol–water partition coefficient (Wildman–Crippen LogP) is 4.49. The average Bonchev–Trinajstić information content (AvgIpc) is 2.22. The fourth-order valence-electron chi connectivity index (χ4n) is 1.10. The first-order chi connectivity index (χ1) is 8.20. The highest BCUT2D eigenvalue weighted by Gasteiger charge is 2.36. The Morgan fingerprint density at radius 1 is 1.22 bits per heavy atom. The van der Waals surface area contributed by atoms with E-state index >= 15 is 0 Å². The monoisotopic (exact) mass is 268 g/mol. The van der Waals surface area contributed by atoms with Gasteiger partial charge in [0.1, 0.15) is 6.29 Å². The van der Waals surface area contributed by atoms with E-state index in [1.54, 1.807) is 0 Å². The van der Waals surface area contributed by atoms with Gasteiger partial charge in [-0.25, -0.2) is 0 Å². The Morgan fingerprint density at radius 3 is 2.33 bits per heavy atom. The van der Waals surface area contributed by atoms with Crippen LogP contribution in [0.3, 0.4) is 0 Å². The van der Waals surface area contributed by atoms with Crippen LogP contribution in [0.1, 0.15) is 40.5 Å². The average molecular weight is 268 g/mol. The molecule has 0 saturated heterocycles. The number of allylic oxidation sites excluding steroid dienone is 3. The summed E-state index contributed by atoms with van der Waals surface area (Å²) in [6.45, 7) is 14.0. The van der Waals surface area contributed by atoms with Crippen LogP contribution in [0.15, 0.2) is 23.8 Å². The molecule has 0 bridgehead atoms. The Labute approximate surface area is 113 Å². The number of carbonyl (C=O) groups excluding carboxylic acids is 1. The number of rotatable bonds is 7. The number of hydrogen-bond donors (Lipinski definition) is 0. The molecule has 0 aliphatic carbocycles. The smallest absolute Gasteiger partial charge is 0.192 e. The third-order valence-electron chi connectivity index (χ3n) is 3.49. The van der Waals surface area contributed by atoms with Crippen LogP contribution in [0.4, 0.5) is 0 Å². The molecule has 18 heavy (non-hydrogen) atoms. The van der Waals surface area contributed by atoms with Gasteiger partial charge in [0.25, 0.3) is 0 Å². The second-order valence-corrected chi connectivity index (χ2v) is 11.0. The molecular formula is C15H28O2Si. The molecule has 0 rings (SSSR count). The largest absolute Gasteiger partial charge is 0.413 e. The van der Waals surface area contributed by atoms with E-state index in [0.717, 1.165) is 12.7 Å². The summed E-state index contributed by atoms with van der Waals surface area (Å²) in [5.41, 5.74) is 1.19. The van der Waals surface area contributed by atoms with Crippen molar-refractivity contribution in [3.8, 4) is 0 Å². The van der Waals surface area contributed by atoms with Gasteiger partial charge in [-0.2, -0.15) is 0 Å². The second kappa shape index (κ2) is 7.69. The minimum Gasteiger partial charge on any atom is -0.413 e. The summed E-state index contributed by atoms with van der Waals surface area (Å²) < 4.78 is 6.06. The van der Waals surface area contributed by atoms with E-state index in [9.17, 15) is 4.79 Å². The molecule has 0 aromatic carbocycles. The van der Waals surface area contributed by atoms with Gasteiger partial charge in [-0.3, -0.25) is 0 Å². The zero-order valence-corrected chi connectivity index (χ0v) is 13.7. The molecule has 0 aromatic rings. The van der Waals surface area contributed by atoms with E-state index in [1.165, 1.54) is 5.57 Å². The summed E-state index contributed by atoms with van der Waals surface area (Å²) in [5.74, 6) is 0. The van der Waals surface area contributed by atoms with Crippen molar-refractivity contribution in [3.63, 3.8) is 0 Å². The van der Waals surface area contributed by atoms with Gasteiger partial charge in [0.2, 0.25) is 0 Å². The van der Waals surface area contributed by atoms with Gasteiger partial charge in [-0.1, -0.05) is 44.6 Å². The molecule has 0 fully saturated rings. The van der Waals surface area contributed by atoms with Crippen LogP contribution in [-0.4, -0.2) is 21.2 Å². The maximum Gasteiger partial charge on any atom is 0.192 e. The first-order valence-corrected chi connectivity index (χ1v) is 9.52. The van der Waals surface area contributed by atoms with Crippen molar-refractivity contribution in [1.29, 1.82) is 0 Å². The van der Waals surface area contributed by atoms with Crippen LogP contribution in [0.2, 0.25) is 18.1 Å². The van der Waals surface area contributed by atoms with E-state index in [-0.39, 0.29) is 5.04 Å². The van der Waals surface area contributed by atoms with Crippen LogP contribution in [0.5, 0.6) is 0 Å². The molecule has 104 valence electrons. The highest BCUT2D eigenvalue weighted by molar-refractivity contribution is 6.74. The van der Waals surface area contributed by atoms with Gasteiger partial charge in [-0.15, -0.1) is 0 Å². The fourth-order valence-corrected chi connectivity index (χ4v) is 2.03. The molecule has 0 atom stereocenters. The van der Waals surface area contributed by atoms with Crippen LogP contribution in [0, 0.1) is 0 Å². The van der Waals surface area contributed by atoms with Crippen molar-refractivity contribution in [1.82, 2.24) is 0 Å². The van der Waals surface area contributed by atoms with Crippen molar-refractivity contribution in [2.24, 2.45) is 0 Å². The zero-order valence-electron chi connectivity index (χ0n) is 12.7. The normalized spacial score (nSPS) is 14.2. The number of hydrogen-bond acceptors (Lipinski definition) is 2. The Kier molecular flexibility index (Phi) is 7.41. The van der Waals surface area contributed by atoms with E-state index in [0.29, 0.717) is 13.0 Å². The first kappa shape index (κ1) is 17.3. The van der Waals surface area contributed by atoms with Crippen LogP contribution < -0.4 is 0 Å². The number of unbranched alkanes of at least 4 members (excludes halogenated alkanes) is 1. The molecule has 0 aromatic heterocycles. The third kappa shape index (κ3) is 6.92. The van der Waals surface area contributed by atoms with Gasteiger partial charge in [0, 0.05) is 6.42 Å². The van der Waals surface area contributed by atoms with Crippen molar-refractivity contribution in [3.05, 3.63) is 23.8 Å². The summed E-state index contributed by atoms with van der Waals surface area (Å²) in [5, 5.41) is 0.258. The Hall–Kier alpha value is -0.673. The second-order valence-electron chi connectivity index (χ2n) is 6.17. The molecule has 0 aliphatic heterocycles. The molecule has 0 heterocycles. The maximum atomic E-state index is 10.2. The van der Waals surface area contributed by atoms with Gasteiger partial charge in [0.15, 0.2) is 8.32 Å². The van der Waals surface area contributed by atoms with Crippen LogP contribution >= 0.6 is 0 Å². The molecule has 0 N–H and O–H groups in total. The summed E-state index contributed by atoms with van der Waals surface area (Å²) >= 11 is 0. The quantitative estimate of drug-likeness (QED) is 0.294. The molecule has 3 heteroatoms. The third-order valence-corrected chi connectivity index (χ3v) is 7.99. The SMILES string of the molecule is CC(/C=C/CCC=O)=C\CO[Si](C)(C)C(C)(C)C. The lowest BCUT2D eigenvalue weighted by Crippen LogP contribution is -2.40. The van der Waals surface area contributed by atoms with Crippen LogP contribution in [-0.2, 0) is 9.22 Å².